The molecule has 13 heavy (non-hydrogen) atoms. The van der Waals surface area contributed by atoms with Gasteiger partial charge in [-0.1, -0.05) is 17.7 Å². The van der Waals surface area contributed by atoms with Crippen LogP contribution in [0.1, 0.15) is 17.5 Å². The molecule has 1 rings (SSSR count). The molecule has 0 saturated heterocycles. The Morgan fingerprint density at radius 1 is 1.31 bits per heavy atom. The Balaban J connectivity index is 2.59. The number of benzene rings is 1. The fraction of sp³-hybridized carbons (Fsp3) is 0.455. The van der Waals surface area contributed by atoms with Gasteiger partial charge in [0.2, 0.25) is 0 Å². The van der Waals surface area contributed by atoms with Gasteiger partial charge in [0.25, 0.3) is 0 Å². The molecule has 72 valence electrons. The Hall–Kier alpha value is -0.0800. The van der Waals surface area contributed by atoms with Crippen molar-refractivity contribution in [2.45, 2.75) is 25.2 Å². The lowest BCUT2D eigenvalue weighted by molar-refractivity contribution is 1.12. The van der Waals surface area contributed by atoms with E-state index in [4.69, 9.17) is 0 Å². The highest BCUT2D eigenvalue weighted by molar-refractivity contribution is 7.99. The predicted molar refractivity (Wildman–Crippen MR) is 65.1 cm³/mol. The van der Waals surface area contributed by atoms with Crippen LogP contribution in [-0.2, 0) is 0 Å². The SMILES string of the molecule is Cc1ccc(C)c(SCCCS)c1. The van der Waals surface area contributed by atoms with Gasteiger partial charge in [0.05, 0.1) is 0 Å². The molecule has 0 saturated carbocycles. The Morgan fingerprint density at radius 3 is 2.77 bits per heavy atom. The number of thiol groups is 1. The first-order valence-electron chi connectivity index (χ1n) is 4.55. The zero-order valence-corrected chi connectivity index (χ0v) is 9.92. The van der Waals surface area contributed by atoms with E-state index < -0.39 is 0 Å². The molecule has 1 aromatic carbocycles. The van der Waals surface area contributed by atoms with Crippen molar-refractivity contribution in [3.05, 3.63) is 29.3 Å². The Morgan fingerprint density at radius 2 is 2.08 bits per heavy atom. The van der Waals surface area contributed by atoms with Crippen LogP contribution in [0.2, 0.25) is 0 Å². The molecule has 0 unspecified atom stereocenters. The average molecular weight is 212 g/mol. The van der Waals surface area contributed by atoms with Crippen LogP contribution in [-0.4, -0.2) is 11.5 Å². The standard InChI is InChI=1S/C11H16S2/c1-9-4-5-10(2)11(8-9)13-7-3-6-12/h4-5,8,12H,3,6-7H2,1-2H3. The topological polar surface area (TPSA) is 0 Å². The molecule has 0 atom stereocenters. The molecule has 0 N–H and O–H groups in total. The number of thioether (sulfide) groups is 1. The fourth-order valence-electron chi connectivity index (χ4n) is 1.11. The van der Waals surface area contributed by atoms with Gasteiger partial charge >= 0.3 is 0 Å². The average Bonchev–Trinajstić information content (AvgIpc) is 2.11. The number of rotatable bonds is 4. The number of aryl methyl sites for hydroxylation is 2. The highest BCUT2D eigenvalue weighted by atomic mass is 32.2. The van der Waals surface area contributed by atoms with Gasteiger partial charge in [0, 0.05) is 4.90 Å². The van der Waals surface area contributed by atoms with E-state index in [9.17, 15) is 0 Å². The van der Waals surface area contributed by atoms with Gasteiger partial charge < -0.3 is 0 Å². The minimum atomic E-state index is 0.984. The van der Waals surface area contributed by atoms with Crippen molar-refractivity contribution in [2.75, 3.05) is 11.5 Å². The molecule has 0 aromatic heterocycles. The van der Waals surface area contributed by atoms with Crippen LogP contribution < -0.4 is 0 Å². The second kappa shape index (κ2) is 5.61. The third-order valence-corrected chi connectivity index (χ3v) is 3.46. The number of hydrogen-bond acceptors (Lipinski definition) is 2. The summed E-state index contributed by atoms with van der Waals surface area (Å²) in [5.74, 6) is 2.16. The molecule has 0 heterocycles. The summed E-state index contributed by atoms with van der Waals surface area (Å²) in [5, 5.41) is 0. The predicted octanol–water partition coefficient (Wildman–Crippen LogP) is 3.72. The molecule has 0 aliphatic heterocycles. The first-order chi connectivity index (χ1) is 6.24. The molecule has 0 bridgehead atoms. The van der Waals surface area contributed by atoms with Crippen LogP contribution in [0.25, 0.3) is 0 Å². The molecule has 0 aliphatic rings. The van der Waals surface area contributed by atoms with E-state index in [-0.39, 0.29) is 0 Å². The molecule has 0 spiro atoms. The van der Waals surface area contributed by atoms with Crippen molar-refractivity contribution < 1.29 is 0 Å². The van der Waals surface area contributed by atoms with E-state index in [0.717, 1.165) is 5.75 Å². The Labute approximate surface area is 90.5 Å². The first-order valence-corrected chi connectivity index (χ1v) is 6.17. The molecule has 0 amide bonds. The van der Waals surface area contributed by atoms with Crippen LogP contribution in [0.5, 0.6) is 0 Å². The van der Waals surface area contributed by atoms with E-state index in [1.54, 1.807) is 0 Å². The molecule has 0 aliphatic carbocycles. The largest absolute Gasteiger partial charge is 0.179 e. The molecular weight excluding hydrogens is 196 g/mol. The van der Waals surface area contributed by atoms with Gasteiger partial charge in [-0.25, -0.2) is 0 Å². The van der Waals surface area contributed by atoms with Crippen LogP contribution in [0, 0.1) is 13.8 Å². The lowest BCUT2D eigenvalue weighted by atomic mass is 10.2. The van der Waals surface area contributed by atoms with Gasteiger partial charge in [-0.3, -0.25) is 0 Å². The van der Waals surface area contributed by atoms with Crippen LogP contribution in [0.4, 0.5) is 0 Å². The molecule has 0 fully saturated rings. The van der Waals surface area contributed by atoms with Gasteiger partial charge in [-0.15, -0.1) is 11.8 Å². The van der Waals surface area contributed by atoms with E-state index in [1.165, 1.54) is 28.2 Å². The normalized spacial score (nSPS) is 10.4. The van der Waals surface area contributed by atoms with E-state index in [2.05, 4.69) is 44.7 Å². The van der Waals surface area contributed by atoms with Gasteiger partial charge in [0.15, 0.2) is 0 Å². The van der Waals surface area contributed by atoms with Crippen molar-refractivity contribution in [3.63, 3.8) is 0 Å². The van der Waals surface area contributed by atoms with Crippen molar-refractivity contribution in [1.29, 1.82) is 0 Å². The summed E-state index contributed by atoms with van der Waals surface area (Å²) < 4.78 is 0. The minimum absolute atomic E-state index is 0.984. The summed E-state index contributed by atoms with van der Waals surface area (Å²) in [6.45, 7) is 4.31. The Kier molecular flexibility index (Phi) is 4.74. The monoisotopic (exact) mass is 212 g/mol. The highest BCUT2D eigenvalue weighted by Gasteiger charge is 1.98. The maximum absolute atomic E-state index is 4.20. The number of hydrogen-bond donors (Lipinski definition) is 1. The van der Waals surface area contributed by atoms with Crippen LogP contribution in [0.15, 0.2) is 23.1 Å². The lowest BCUT2D eigenvalue weighted by Crippen LogP contribution is -1.85. The van der Waals surface area contributed by atoms with E-state index in [0.29, 0.717) is 0 Å². The molecular formula is C11H16S2. The van der Waals surface area contributed by atoms with Gasteiger partial charge in [-0.05, 0) is 43.4 Å². The second-order valence-electron chi connectivity index (χ2n) is 3.19. The van der Waals surface area contributed by atoms with Crippen molar-refractivity contribution in [1.82, 2.24) is 0 Å². The highest BCUT2D eigenvalue weighted by Crippen LogP contribution is 2.23. The lowest BCUT2D eigenvalue weighted by Gasteiger charge is -2.05. The fourth-order valence-corrected chi connectivity index (χ4v) is 2.56. The summed E-state index contributed by atoms with van der Waals surface area (Å²) in [4.78, 5) is 1.42. The van der Waals surface area contributed by atoms with Crippen LogP contribution in [0.3, 0.4) is 0 Å². The summed E-state index contributed by atoms with van der Waals surface area (Å²) in [6, 6.07) is 6.62. The third-order valence-electron chi connectivity index (χ3n) is 1.90. The second-order valence-corrected chi connectivity index (χ2v) is 4.78. The van der Waals surface area contributed by atoms with Crippen LogP contribution >= 0.6 is 24.4 Å². The van der Waals surface area contributed by atoms with Gasteiger partial charge in [0.1, 0.15) is 0 Å². The molecule has 0 radical (unpaired) electrons. The molecule has 1 aromatic rings. The minimum Gasteiger partial charge on any atom is -0.179 e. The maximum atomic E-state index is 4.20. The summed E-state index contributed by atoms with van der Waals surface area (Å²) in [6.07, 6.45) is 1.18. The van der Waals surface area contributed by atoms with Crippen molar-refractivity contribution in [3.8, 4) is 0 Å². The smallest absolute Gasteiger partial charge is 0.0104 e. The quantitative estimate of drug-likeness (QED) is 0.451. The summed E-state index contributed by atoms with van der Waals surface area (Å²) in [5.41, 5.74) is 2.73. The van der Waals surface area contributed by atoms with Gasteiger partial charge in [-0.2, -0.15) is 12.6 Å². The summed E-state index contributed by atoms with van der Waals surface area (Å²) >= 11 is 6.14. The van der Waals surface area contributed by atoms with Crippen molar-refractivity contribution >= 4 is 24.4 Å². The maximum Gasteiger partial charge on any atom is 0.0104 e. The first kappa shape index (κ1) is 11.0. The zero-order chi connectivity index (χ0) is 9.68. The zero-order valence-electron chi connectivity index (χ0n) is 8.21. The van der Waals surface area contributed by atoms with Crippen molar-refractivity contribution in [2.24, 2.45) is 0 Å². The van der Waals surface area contributed by atoms with E-state index in [1.807, 2.05) is 11.8 Å². The molecule has 2 heteroatoms. The molecule has 0 nitrogen and oxygen atoms in total. The summed E-state index contributed by atoms with van der Waals surface area (Å²) in [7, 11) is 0. The van der Waals surface area contributed by atoms with E-state index >= 15 is 0 Å². The Bertz CT molecular complexity index is 269. The third kappa shape index (κ3) is 3.65.